The van der Waals surface area contributed by atoms with Crippen molar-refractivity contribution in [2.45, 2.75) is 222 Å². The van der Waals surface area contributed by atoms with Gasteiger partial charge in [0, 0.05) is 59.2 Å². The van der Waals surface area contributed by atoms with Gasteiger partial charge in [-0.05, 0) is 130 Å². The SMILES string of the molecule is CC(C)(CC(=O)[C@@H](N)CCCN=C(N)N)C(C)(C)C(C)(C)N1C(C)(C)C(C)(C)N(C(C)(C)C(C)(C)C(C)(C)CC(=O)[C@@H](N)CCCN=C(N)N)C(C)(C)C1(C)C. The molecule has 0 spiro atoms. The van der Waals surface area contributed by atoms with Crippen molar-refractivity contribution < 1.29 is 9.59 Å². The Morgan fingerprint density at radius 2 is 0.732 bits per heavy atom. The zero-order valence-electron chi connectivity index (χ0n) is 39.9. The second kappa shape index (κ2) is 16.8. The fourth-order valence-corrected chi connectivity index (χ4v) is 10.4. The van der Waals surface area contributed by atoms with Gasteiger partial charge >= 0.3 is 0 Å². The molecule has 0 aromatic carbocycles. The van der Waals surface area contributed by atoms with Crippen LogP contribution in [0.15, 0.2) is 9.98 Å². The van der Waals surface area contributed by atoms with Crippen molar-refractivity contribution in [2.75, 3.05) is 13.1 Å². The van der Waals surface area contributed by atoms with Crippen molar-refractivity contribution in [1.82, 2.24) is 9.80 Å². The van der Waals surface area contributed by atoms with Crippen molar-refractivity contribution in [1.29, 1.82) is 0 Å². The highest BCUT2D eigenvalue weighted by Gasteiger charge is 2.72. The molecule has 12 heteroatoms. The third kappa shape index (κ3) is 9.28. The largest absolute Gasteiger partial charge is 0.370 e. The molecule has 12 nitrogen and oxygen atoms in total. The monoisotopic (exact) mass is 791 g/mol. The summed E-state index contributed by atoms with van der Waals surface area (Å²) < 4.78 is 0. The van der Waals surface area contributed by atoms with Gasteiger partial charge < -0.3 is 34.4 Å². The van der Waals surface area contributed by atoms with E-state index in [0.29, 0.717) is 51.6 Å². The predicted octanol–water partition coefficient (Wildman–Crippen LogP) is 6.06. The van der Waals surface area contributed by atoms with Gasteiger partial charge in [0.1, 0.15) is 11.6 Å². The zero-order chi connectivity index (χ0) is 44.7. The Balaban J connectivity index is 3.71. The van der Waals surface area contributed by atoms with Crippen molar-refractivity contribution >= 4 is 23.5 Å². The van der Waals surface area contributed by atoms with Crippen LogP contribution in [-0.2, 0) is 9.59 Å². The summed E-state index contributed by atoms with van der Waals surface area (Å²) in [5.74, 6) is 0.213. The second-order valence-electron chi connectivity index (χ2n) is 22.4. The standard InChI is InChI=1S/C44H90N10O2/c1-35(2,27-31(55)29(45)23-21-25-51-33(47)48)37(5,6)39(9,10)53-41(13,14)43(17,18)54(44(19,20)42(53,15)16)40(11,12)38(7,8)36(3,4)28-32(56)30(46)24-22-26-52-34(49)50/h29-30H,21-28,45-46H2,1-20H3,(H4,47,48,51)(H4,49,50,52)/t29-,30-/m0/s1. The molecule has 1 aliphatic heterocycles. The first-order valence-electron chi connectivity index (χ1n) is 21.0. The lowest BCUT2D eigenvalue weighted by atomic mass is 9.50. The molecule has 1 saturated heterocycles. The molecule has 12 N–H and O–H groups in total. The number of nitrogens with two attached hydrogens (primary N) is 6. The van der Waals surface area contributed by atoms with Crippen molar-refractivity contribution in [3.63, 3.8) is 0 Å². The number of guanidine groups is 2. The van der Waals surface area contributed by atoms with Gasteiger partial charge in [-0.2, -0.15) is 0 Å². The van der Waals surface area contributed by atoms with Crippen molar-refractivity contribution in [3.8, 4) is 0 Å². The van der Waals surface area contributed by atoms with Gasteiger partial charge in [0.05, 0.1) is 12.1 Å². The van der Waals surface area contributed by atoms with Gasteiger partial charge in [0.2, 0.25) is 0 Å². The number of aliphatic imine (C=N–C) groups is 2. The van der Waals surface area contributed by atoms with Gasteiger partial charge in [-0.15, -0.1) is 0 Å². The number of rotatable bonds is 20. The van der Waals surface area contributed by atoms with Crippen LogP contribution in [0.2, 0.25) is 0 Å². The van der Waals surface area contributed by atoms with Crippen molar-refractivity contribution in [2.24, 2.45) is 66.0 Å². The molecule has 1 fully saturated rings. The smallest absolute Gasteiger partial charge is 0.185 e. The van der Waals surface area contributed by atoms with E-state index in [2.05, 4.69) is 158 Å². The maximum atomic E-state index is 13.7. The van der Waals surface area contributed by atoms with Crippen LogP contribution in [0.4, 0.5) is 0 Å². The van der Waals surface area contributed by atoms with Gasteiger partial charge in [-0.25, -0.2) is 0 Å². The maximum absolute atomic E-state index is 13.7. The summed E-state index contributed by atoms with van der Waals surface area (Å²) in [6.45, 7) is 47.6. The Morgan fingerprint density at radius 1 is 0.500 bits per heavy atom. The Kier molecular flexibility index (Phi) is 15.5. The van der Waals surface area contributed by atoms with E-state index in [0.717, 1.165) is 0 Å². The topological polar surface area (TPSA) is 221 Å². The molecule has 0 aromatic rings. The number of ketones is 2. The molecule has 1 aliphatic rings. The summed E-state index contributed by atoms with van der Waals surface area (Å²) >= 11 is 0. The Bertz CT molecular complexity index is 1300. The fourth-order valence-electron chi connectivity index (χ4n) is 10.4. The van der Waals surface area contributed by atoms with E-state index < -0.39 is 34.0 Å². The number of Topliss-reactive ketones (excluding diaryl/α,β-unsaturated/α-hetero) is 2. The summed E-state index contributed by atoms with van der Waals surface area (Å²) in [6.07, 6.45) is 3.07. The molecule has 0 aliphatic carbocycles. The van der Waals surface area contributed by atoms with Crippen LogP contribution in [0.1, 0.15) is 177 Å². The molecule has 0 radical (unpaired) electrons. The third-order valence-corrected chi connectivity index (χ3v) is 16.8. The number of carbonyl (C=O) groups excluding carboxylic acids is 2. The van der Waals surface area contributed by atoms with E-state index in [-0.39, 0.29) is 56.5 Å². The highest BCUT2D eigenvalue weighted by Crippen LogP contribution is 2.64. The maximum Gasteiger partial charge on any atom is 0.185 e. The molecule has 0 amide bonds. The number of hydrogen-bond acceptors (Lipinski definition) is 8. The van der Waals surface area contributed by atoms with Gasteiger partial charge in [-0.3, -0.25) is 29.4 Å². The Morgan fingerprint density at radius 3 is 0.946 bits per heavy atom. The van der Waals surface area contributed by atoms with Crippen LogP contribution in [0, 0.1) is 21.7 Å². The average molecular weight is 791 g/mol. The molecule has 1 heterocycles. The van der Waals surface area contributed by atoms with E-state index >= 15 is 0 Å². The minimum atomic E-state index is -0.575. The summed E-state index contributed by atoms with van der Waals surface area (Å²) in [7, 11) is 0. The average Bonchev–Trinajstić information content (AvgIpc) is 2.98. The van der Waals surface area contributed by atoms with Crippen LogP contribution in [0.25, 0.3) is 0 Å². The summed E-state index contributed by atoms with van der Waals surface area (Å²) in [4.78, 5) is 41.1. The first kappa shape index (κ1) is 51.7. The minimum Gasteiger partial charge on any atom is -0.370 e. The highest BCUT2D eigenvalue weighted by molar-refractivity contribution is 5.85. The molecule has 1 rings (SSSR count). The van der Waals surface area contributed by atoms with Crippen LogP contribution in [0.5, 0.6) is 0 Å². The molecular formula is C44H90N10O2. The summed E-state index contributed by atoms with van der Waals surface area (Å²) in [5.41, 5.74) is 31.0. The number of nitrogens with zero attached hydrogens (tertiary/aromatic N) is 4. The molecule has 2 atom stereocenters. The molecular weight excluding hydrogens is 701 g/mol. The van der Waals surface area contributed by atoms with Crippen molar-refractivity contribution in [3.05, 3.63) is 0 Å². The summed E-state index contributed by atoms with van der Waals surface area (Å²) in [5, 5.41) is 0. The highest BCUT2D eigenvalue weighted by atomic mass is 16.1. The van der Waals surface area contributed by atoms with E-state index in [1.807, 2.05) is 0 Å². The van der Waals surface area contributed by atoms with E-state index in [1.165, 1.54) is 0 Å². The number of carbonyl (C=O) groups is 2. The number of hydrogen-bond donors (Lipinski definition) is 6. The molecule has 0 unspecified atom stereocenters. The Hall–Kier alpha value is -2.28. The summed E-state index contributed by atoms with van der Waals surface area (Å²) in [6, 6.07) is -1.15. The number of piperazine rings is 1. The fraction of sp³-hybridized carbons (Fsp3) is 0.909. The molecule has 328 valence electrons. The van der Waals surface area contributed by atoms with Crippen LogP contribution < -0.4 is 34.4 Å². The zero-order valence-corrected chi connectivity index (χ0v) is 39.9. The molecule has 56 heavy (non-hydrogen) atoms. The van der Waals surface area contributed by atoms with Gasteiger partial charge in [0.25, 0.3) is 0 Å². The Labute approximate surface area is 343 Å². The minimum absolute atomic E-state index is 0.0466. The third-order valence-electron chi connectivity index (χ3n) is 16.8. The lowest BCUT2D eigenvalue weighted by Crippen LogP contribution is -2.91. The molecule has 0 saturated carbocycles. The van der Waals surface area contributed by atoms with Gasteiger partial charge in [0.15, 0.2) is 11.9 Å². The molecule has 0 bridgehead atoms. The normalized spacial score (nSPS) is 20.5. The second-order valence-corrected chi connectivity index (χ2v) is 22.4. The van der Waals surface area contributed by atoms with E-state index in [4.69, 9.17) is 34.4 Å². The quantitative estimate of drug-likeness (QED) is 0.0475. The van der Waals surface area contributed by atoms with E-state index in [9.17, 15) is 9.59 Å². The lowest BCUT2D eigenvalue weighted by Gasteiger charge is -2.80. The lowest BCUT2D eigenvalue weighted by molar-refractivity contribution is -0.299. The van der Waals surface area contributed by atoms with Crippen LogP contribution in [-0.4, -0.2) is 91.7 Å². The van der Waals surface area contributed by atoms with Crippen LogP contribution >= 0.6 is 0 Å². The van der Waals surface area contributed by atoms with E-state index in [1.54, 1.807) is 0 Å². The van der Waals surface area contributed by atoms with Crippen LogP contribution in [0.3, 0.4) is 0 Å². The van der Waals surface area contributed by atoms with Gasteiger partial charge in [-0.1, -0.05) is 55.4 Å². The molecule has 0 aromatic heterocycles. The first-order chi connectivity index (χ1) is 24.7. The first-order valence-corrected chi connectivity index (χ1v) is 21.0. The predicted molar refractivity (Wildman–Crippen MR) is 238 cm³/mol.